The van der Waals surface area contributed by atoms with Crippen molar-refractivity contribution in [1.29, 1.82) is 0 Å². The summed E-state index contributed by atoms with van der Waals surface area (Å²) in [4.78, 5) is 16.7. The van der Waals surface area contributed by atoms with Crippen LogP contribution >= 0.6 is 11.3 Å². The predicted molar refractivity (Wildman–Crippen MR) is 66.0 cm³/mol. The standard InChI is InChI=1S/C13H12FNOS/c1-8-5-11(14)4-3-10(8)6-12(16)13-7-15-9(2)17-13/h3-5,7H,6H2,1-2H3. The van der Waals surface area contributed by atoms with Gasteiger partial charge in [0.2, 0.25) is 0 Å². The minimum absolute atomic E-state index is 0.0327. The molecule has 0 fully saturated rings. The lowest BCUT2D eigenvalue weighted by Crippen LogP contribution is -2.03. The summed E-state index contributed by atoms with van der Waals surface area (Å²) in [6.45, 7) is 3.67. The smallest absolute Gasteiger partial charge is 0.178 e. The van der Waals surface area contributed by atoms with Crippen molar-refractivity contribution in [1.82, 2.24) is 4.98 Å². The second-order valence-electron chi connectivity index (χ2n) is 3.91. The van der Waals surface area contributed by atoms with Gasteiger partial charge in [-0.3, -0.25) is 4.79 Å². The minimum atomic E-state index is -0.271. The third-order valence-corrected chi connectivity index (χ3v) is 3.51. The summed E-state index contributed by atoms with van der Waals surface area (Å²) in [7, 11) is 0. The topological polar surface area (TPSA) is 30.0 Å². The number of benzene rings is 1. The van der Waals surface area contributed by atoms with Gasteiger partial charge in [-0.25, -0.2) is 9.37 Å². The van der Waals surface area contributed by atoms with Crippen LogP contribution in [0.1, 0.15) is 25.8 Å². The largest absolute Gasteiger partial charge is 0.293 e. The number of halogens is 1. The lowest BCUT2D eigenvalue weighted by molar-refractivity contribution is 0.0996. The maximum atomic E-state index is 12.9. The van der Waals surface area contributed by atoms with E-state index in [1.807, 2.05) is 13.8 Å². The number of Topliss-reactive ketones (excluding diaryl/α,β-unsaturated/α-hetero) is 1. The Morgan fingerprint density at radius 3 is 2.76 bits per heavy atom. The van der Waals surface area contributed by atoms with Crippen LogP contribution in [0.3, 0.4) is 0 Å². The zero-order valence-corrected chi connectivity index (χ0v) is 10.5. The van der Waals surface area contributed by atoms with Crippen LogP contribution in [0.4, 0.5) is 4.39 Å². The zero-order valence-electron chi connectivity index (χ0n) is 9.66. The maximum absolute atomic E-state index is 12.9. The molecule has 88 valence electrons. The van der Waals surface area contributed by atoms with Gasteiger partial charge in [-0.1, -0.05) is 6.07 Å². The van der Waals surface area contributed by atoms with Gasteiger partial charge in [-0.15, -0.1) is 11.3 Å². The van der Waals surface area contributed by atoms with Gasteiger partial charge in [0.05, 0.1) is 9.88 Å². The first-order valence-electron chi connectivity index (χ1n) is 5.27. The molecule has 0 amide bonds. The van der Waals surface area contributed by atoms with Crippen molar-refractivity contribution in [2.24, 2.45) is 0 Å². The van der Waals surface area contributed by atoms with E-state index in [1.165, 1.54) is 23.5 Å². The van der Waals surface area contributed by atoms with Crippen LogP contribution in [-0.2, 0) is 6.42 Å². The fourth-order valence-electron chi connectivity index (χ4n) is 1.61. The number of nitrogens with zero attached hydrogens (tertiary/aromatic N) is 1. The molecule has 0 N–H and O–H groups in total. The summed E-state index contributed by atoms with van der Waals surface area (Å²) < 4.78 is 12.9. The van der Waals surface area contributed by atoms with E-state index in [1.54, 1.807) is 12.3 Å². The van der Waals surface area contributed by atoms with Crippen LogP contribution in [0.5, 0.6) is 0 Å². The highest BCUT2D eigenvalue weighted by Gasteiger charge is 2.11. The number of hydrogen-bond donors (Lipinski definition) is 0. The first kappa shape index (κ1) is 11.9. The van der Waals surface area contributed by atoms with Gasteiger partial charge in [0.15, 0.2) is 5.78 Å². The molecule has 4 heteroatoms. The summed E-state index contributed by atoms with van der Waals surface area (Å²) in [5.41, 5.74) is 1.67. The van der Waals surface area contributed by atoms with Crippen molar-refractivity contribution < 1.29 is 9.18 Å². The van der Waals surface area contributed by atoms with E-state index in [0.29, 0.717) is 11.3 Å². The molecule has 17 heavy (non-hydrogen) atoms. The number of rotatable bonds is 3. The second-order valence-corrected chi connectivity index (χ2v) is 5.15. The predicted octanol–water partition coefficient (Wildman–Crippen LogP) is 3.32. The molecule has 0 aliphatic rings. The van der Waals surface area contributed by atoms with Gasteiger partial charge < -0.3 is 0 Å². The van der Waals surface area contributed by atoms with Gasteiger partial charge in [-0.05, 0) is 37.1 Å². The lowest BCUT2D eigenvalue weighted by Gasteiger charge is -2.03. The van der Waals surface area contributed by atoms with Crippen molar-refractivity contribution in [2.75, 3.05) is 0 Å². The Hall–Kier alpha value is -1.55. The monoisotopic (exact) mass is 249 g/mol. The molecule has 0 saturated carbocycles. The average Bonchev–Trinajstić information content (AvgIpc) is 2.69. The van der Waals surface area contributed by atoms with Crippen LogP contribution in [0, 0.1) is 19.7 Å². The van der Waals surface area contributed by atoms with Crippen molar-refractivity contribution in [3.05, 3.63) is 51.2 Å². The third kappa shape index (κ3) is 2.77. The molecule has 0 spiro atoms. The summed E-state index contributed by atoms with van der Waals surface area (Å²) in [5.74, 6) is -0.238. The summed E-state index contributed by atoms with van der Waals surface area (Å²) in [6.07, 6.45) is 1.90. The van der Waals surface area contributed by atoms with E-state index < -0.39 is 0 Å². The van der Waals surface area contributed by atoms with Gasteiger partial charge in [0.1, 0.15) is 5.82 Å². The first-order chi connectivity index (χ1) is 8.06. The Kier molecular flexibility index (Phi) is 3.33. The fourth-order valence-corrected chi connectivity index (χ4v) is 2.32. The van der Waals surface area contributed by atoms with E-state index in [4.69, 9.17) is 0 Å². The lowest BCUT2D eigenvalue weighted by atomic mass is 10.0. The van der Waals surface area contributed by atoms with Gasteiger partial charge in [0, 0.05) is 12.6 Å². The van der Waals surface area contributed by atoms with Gasteiger partial charge in [-0.2, -0.15) is 0 Å². The number of aromatic nitrogens is 1. The zero-order chi connectivity index (χ0) is 12.4. The van der Waals surface area contributed by atoms with Gasteiger partial charge >= 0.3 is 0 Å². The molecule has 1 aromatic heterocycles. The highest BCUT2D eigenvalue weighted by Crippen LogP contribution is 2.17. The molecule has 0 bridgehead atoms. The molecule has 1 aromatic carbocycles. The van der Waals surface area contributed by atoms with Crippen molar-refractivity contribution in [3.8, 4) is 0 Å². The molecule has 0 unspecified atom stereocenters. The molecule has 1 heterocycles. The van der Waals surface area contributed by atoms with E-state index in [9.17, 15) is 9.18 Å². The molecule has 0 atom stereocenters. The van der Waals surface area contributed by atoms with Gasteiger partial charge in [0.25, 0.3) is 0 Å². The molecule has 2 aromatic rings. The number of carbonyl (C=O) groups excluding carboxylic acids is 1. The Balaban J connectivity index is 2.18. The number of hydrogen-bond acceptors (Lipinski definition) is 3. The third-order valence-electron chi connectivity index (χ3n) is 2.55. The first-order valence-corrected chi connectivity index (χ1v) is 6.08. The van der Waals surface area contributed by atoms with Crippen LogP contribution in [0.15, 0.2) is 24.4 Å². The van der Waals surface area contributed by atoms with Crippen LogP contribution in [0.2, 0.25) is 0 Å². The van der Waals surface area contributed by atoms with Crippen LogP contribution in [-0.4, -0.2) is 10.8 Å². The normalized spacial score (nSPS) is 10.5. The van der Waals surface area contributed by atoms with E-state index in [-0.39, 0.29) is 11.6 Å². The van der Waals surface area contributed by atoms with Crippen LogP contribution < -0.4 is 0 Å². The molecular formula is C13H12FNOS. The van der Waals surface area contributed by atoms with Crippen molar-refractivity contribution in [3.63, 3.8) is 0 Å². The number of aryl methyl sites for hydroxylation is 2. The quantitative estimate of drug-likeness (QED) is 0.781. The summed E-state index contributed by atoms with van der Waals surface area (Å²) in [6, 6.07) is 4.49. The molecule has 0 aliphatic carbocycles. The summed E-state index contributed by atoms with van der Waals surface area (Å²) >= 11 is 1.39. The van der Waals surface area contributed by atoms with E-state index in [0.717, 1.165) is 16.1 Å². The number of ketones is 1. The molecule has 0 aliphatic heterocycles. The Labute approximate surface area is 103 Å². The van der Waals surface area contributed by atoms with Crippen molar-refractivity contribution >= 4 is 17.1 Å². The minimum Gasteiger partial charge on any atom is -0.293 e. The Morgan fingerprint density at radius 2 is 2.18 bits per heavy atom. The van der Waals surface area contributed by atoms with Crippen molar-refractivity contribution in [2.45, 2.75) is 20.3 Å². The molecule has 2 rings (SSSR count). The SMILES string of the molecule is Cc1ncc(C(=O)Cc2ccc(F)cc2C)s1. The molecular weight excluding hydrogens is 237 g/mol. The van der Waals surface area contributed by atoms with E-state index in [2.05, 4.69) is 4.98 Å². The number of thiazole rings is 1. The fraction of sp³-hybridized carbons (Fsp3) is 0.231. The molecule has 0 radical (unpaired) electrons. The summed E-state index contributed by atoms with van der Waals surface area (Å²) in [5, 5.41) is 0.879. The second kappa shape index (κ2) is 4.75. The molecule has 0 saturated heterocycles. The highest BCUT2D eigenvalue weighted by atomic mass is 32.1. The Bertz CT molecular complexity index is 562. The Morgan fingerprint density at radius 1 is 1.41 bits per heavy atom. The number of carbonyl (C=O) groups is 1. The maximum Gasteiger partial charge on any atom is 0.178 e. The van der Waals surface area contributed by atoms with Crippen LogP contribution in [0.25, 0.3) is 0 Å². The van der Waals surface area contributed by atoms with E-state index >= 15 is 0 Å². The average molecular weight is 249 g/mol. The highest BCUT2D eigenvalue weighted by molar-refractivity contribution is 7.13. The molecule has 2 nitrogen and oxygen atoms in total.